The van der Waals surface area contributed by atoms with Crippen molar-refractivity contribution < 1.29 is 18.7 Å². The van der Waals surface area contributed by atoms with Crippen LogP contribution in [-0.2, 0) is 6.54 Å². The number of rotatable bonds is 5. The first-order valence-electron chi connectivity index (χ1n) is 9.03. The average molecular weight is 362 g/mol. The number of piperidine rings is 1. The highest BCUT2D eigenvalue weighted by molar-refractivity contribution is 5.56. The number of methoxy groups -OCH3 is 1. The Kier molecular flexibility index (Phi) is 5.34. The van der Waals surface area contributed by atoms with Gasteiger partial charge in [-0.3, -0.25) is 4.90 Å². The lowest BCUT2D eigenvalue weighted by Gasteiger charge is -2.38. The Morgan fingerprint density at radius 1 is 1.42 bits per heavy atom. The molecule has 0 saturated carbocycles. The minimum absolute atomic E-state index is 0.238. The van der Waals surface area contributed by atoms with E-state index in [4.69, 9.17) is 9.15 Å². The summed E-state index contributed by atoms with van der Waals surface area (Å²) in [6, 6.07) is 4.64. The normalized spacial score (nSPS) is 18.9. The van der Waals surface area contributed by atoms with Gasteiger partial charge in [0.1, 0.15) is 17.3 Å². The van der Waals surface area contributed by atoms with E-state index in [1.807, 2.05) is 20.8 Å². The molecule has 1 aromatic carbocycles. The summed E-state index contributed by atoms with van der Waals surface area (Å²) in [5, 5.41) is 10.3. The molecule has 1 aliphatic heterocycles. The Morgan fingerprint density at radius 2 is 2.19 bits per heavy atom. The smallest absolute Gasteiger partial charge is 0.229 e. The highest BCUT2D eigenvalue weighted by Gasteiger charge is 2.31. The van der Waals surface area contributed by atoms with E-state index in [2.05, 4.69) is 9.88 Å². The van der Waals surface area contributed by atoms with Gasteiger partial charge < -0.3 is 14.3 Å². The molecular formula is C20H27FN2O3. The van der Waals surface area contributed by atoms with Crippen molar-refractivity contribution in [1.82, 2.24) is 9.88 Å². The maximum Gasteiger partial charge on any atom is 0.229 e. The van der Waals surface area contributed by atoms with Gasteiger partial charge in [0.2, 0.25) is 5.89 Å². The lowest BCUT2D eigenvalue weighted by atomic mass is 9.84. The number of ether oxygens (including phenoxy) is 1. The van der Waals surface area contributed by atoms with Crippen LogP contribution >= 0.6 is 0 Å². The van der Waals surface area contributed by atoms with E-state index in [-0.39, 0.29) is 11.8 Å². The predicted molar refractivity (Wildman–Crippen MR) is 97.5 cm³/mol. The van der Waals surface area contributed by atoms with Gasteiger partial charge in [0.05, 0.1) is 24.0 Å². The molecule has 3 rings (SSSR count). The maximum absolute atomic E-state index is 14.3. The summed E-state index contributed by atoms with van der Waals surface area (Å²) >= 11 is 0. The van der Waals surface area contributed by atoms with Crippen LogP contribution in [0.15, 0.2) is 22.6 Å². The zero-order chi connectivity index (χ0) is 18.9. The third-order valence-electron chi connectivity index (χ3n) is 5.18. The van der Waals surface area contributed by atoms with E-state index in [0.29, 0.717) is 23.6 Å². The number of aliphatic hydroxyl groups is 1. The number of halogens is 1. The molecule has 2 aromatic rings. The molecule has 1 atom stereocenters. The molecule has 2 heterocycles. The summed E-state index contributed by atoms with van der Waals surface area (Å²) in [4.78, 5) is 6.81. The second kappa shape index (κ2) is 7.37. The summed E-state index contributed by atoms with van der Waals surface area (Å²) in [7, 11) is 1.50. The van der Waals surface area contributed by atoms with E-state index in [1.165, 1.54) is 13.2 Å². The van der Waals surface area contributed by atoms with Crippen molar-refractivity contribution in [3.05, 3.63) is 35.5 Å². The fourth-order valence-electron chi connectivity index (χ4n) is 3.47. The number of aryl methyl sites for hydroxylation is 1. The average Bonchev–Trinajstić information content (AvgIpc) is 2.94. The van der Waals surface area contributed by atoms with E-state index in [1.54, 1.807) is 12.1 Å². The van der Waals surface area contributed by atoms with Gasteiger partial charge in [-0.05, 0) is 58.2 Å². The Balaban J connectivity index is 1.76. The molecule has 0 spiro atoms. The first-order chi connectivity index (χ1) is 12.3. The van der Waals surface area contributed by atoms with Crippen LogP contribution in [0, 0.1) is 18.7 Å². The second-order valence-corrected chi connectivity index (χ2v) is 7.60. The summed E-state index contributed by atoms with van der Waals surface area (Å²) in [5.74, 6) is 1.26. The molecule has 26 heavy (non-hydrogen) atoms. The molecule has 0 bridgehead atoms. The van der Waals surface area contributed by atoms with Crippen LogP contribution in [0.25, 0.3) is 11.5 Å². The molecular weight excluding hydrogens is 335 g/mol. The molecule has 1 saturated heterocycles. The number of nitrogens with zero attached hydrogens (tertiary/aromatic N) is 2. The van der Waals surface area contributed by atoms with E-state index in [0.717, 1.165) is 31.6 Å². The molecule has 0 radical (unpaired) electrons. The number of likely N-dealkylation sites (tertiary alicyclic amines) is 1. The number of benzene rings is 1. The molecule has 6 heteroatoms. The van der Waals surface area contributed by atoms with Gasteiger partial charge in [-0.15, -0.1) is 0 Å². The van der Waals surface area contributed by atoms with Gasteiger partial charge >= 0.3 is 0 Å². The SMILES string of the molecule is COc1ccc(-c2nc(CN3CCCC(C(C)(C)O)C3)c(C)o2)c(F)c1. The van der Waals surface area contributed by atoms with Gasteiger partial charge in [-0.1, -0.05) is 0 Å². The molecule has 1 aromatic heterocycles. The summed E-state index contributed by atoms with van der Waals surface area (Å²) in [6.07, 6.45) is 2.08. The highest BCUT2D eigenvalue weighted by Crippen LogP contribution is 2.30. The van der Waals surface area contributed by atoms with Crippen molar-refractivity contribution in [3.8, 4) is 17.2 Å². The van der Waals surface area contributed by atoms with E-state index in [9.17, 15) is 9.50 Å². The number of aromatic nitrogens is 1. The minimum atomic E-state index is -0.686. The van der Waals surface area contributed by atoms with Gasteiger partial charge in [-0.2, -0.15) is 0 Å². The largest absolute Gasteiger partial charge is 0.497 e. The highest BCUT2D eigenvalue weighted by atomic mass is 19.1. The Morgan fingerprint density at radius 3 is 2.85 bits per heavy atom. The van der Waals surface area contributed by atoms with E-state index >= 15 is 0 Å². The molecule has 0 amide bonds. The first kappa shape index (κ1) is 18.9. The monoisotopic (exact) mass is 362 g/mol. The fraction of sp³-hybridized carbons (Fsp3) is 0.550. The fourth-order valence-corrected chi connectivity index (χ4v) is 3.47. The van der Waals surface area contributed by atoms with Crippen LogP contribution < -0.4 is 4.74 Å². The standard InChI is InChI=1S/C20H27FN2O3/c1-13-18(12-23-9-5-6-14(11-23)20(2,3)24)22-19(26-13)16-8-7-15(25-4)10-17(16)21/h7-8,10,14,24H,5-6,9,11-12H2,1-4H3. The Bertz CT molecular complexity index is 767. The summed E-state index contributed by atoms with van der Waals surface area (Å²) in [6.45, 7) is 8.01. The van der Waals surface area contributed by atoms with Crippen molar-refractivity contribution in [2.75, 3.05) is 20.2 Å². The molecule has 142 valence electrons. The van der Waals surface area contributed by atoms with Gasteiger partial charge in [0, 0.05) is 19.2 Å². The van der Waals surface area contributed by atoms with Crippen LogP contribution in [0.4, 0.5) is 4.39 Å². The Labute approximate surface area is 153 Å². The number of hydrogen-bond donors (Lipinski definition) is 1. The lowest BCUT2D eigenvalue weighted by molar-refractivity contribution is -0.0200. The third kappa shape index (κ3) is 4.07. The van der Waals surface area contributed by atoms with E-state index < -0.39 is 11.4 Å². The third-order valence-corrected chi connectivity index (χ3v) is 5.18. The molecule has 0 aliphatic carbocycles. The van der Waals surface area contributed by atoms with Gasteiger partial charge in [0.25, 0.3) is 0 Å². The molecule has 1 N–H and O–H groups in total. The van der Waals surface area contributed by atoms with Crippen molar-refractivity contribution in [3.63, 3.8) is 0 Å². The zero-order valence-corrected chi connectivity index (χ0v) is 15.9. The van der Waals surface area contributed by atoms with Crippen molar-refractivity contribution in [1.29, 1.82) is 0 Å². The quantitative estimate of drug-likeness (QED) is 0.877. The number of oxazole rings is 1. The molecule has 1 unspecified atom stereocenters. The van der Waals surface area contributed by atoms with Crippen LogP contribution in [-0.4, -0.2) is 40.8 Å². The Hall–Kier alpha value is -1.92. The van der Waals surface area contributed by atoms with Crippen LogP contribution in [0.5, 0.6) is 5.75 Å². The van der Waals surface area contributed by atoms with Gasteiger partial charge in [0.15, 0.2) is 0 Å². The minimum Gasteiger partial charge on any atom is -0.497 e. The molecule has 1 fully saturated rings. The van der Waals surface area contributed by atoms with Crippen LogP contribution in [0.2, 0.25) is 0 Å². The number of hydrogen-bond acceptors (Lipinski definition) is 5. The summed E-state index contributed by atoms with van der Waals surface area (Å²) in [5.41, 5.74) is 0.453. The first-order valence-corrected chi connectivity index (χ1v) is 9.03. The second-order valence-electron chi connectivity index (χ2n) is 7.60. The predicted octanol–water partition coefficient (Wildman–Crippen LogP) is 3.78. The van der Waals surface area contributed by atoms with Gasteiger partial charge in [-0.25, -0.2) is 9.37 Å². The molecule has 5 nitrogen and oxygen atoms in total. The van der Waals surface area contributed by atoms with Crippen molar-refractivity contribution in [2.24, 2.45) is 5.92 Å². The van der Waals surface area contributed by atoms with Crippen LogP contribution in [0.3, 0.4) is 0 Å². The van der Waals surface area contributed by atoms with Crippen LogP contribution in [0.1, 0.15) is 38.1 Å². The lowest BCUT2D eigenvalue weighted by Crippen LogP contribution is -2.44. The maximum atomic E-state index is 14.3. The molecule has 1 aliphatic rings. The van der Waals surface area contributed by atoms with Crippen molar-refractivity contribution in [2.45, 2.75) is 45.8 Å². The topological polar surface area (TPSA) is 58.7 Å². The summed E-state index contributed by atoms with van der Waals surface area (Å²) < 4.78 is 25.0. The van der Waals surface area contributed by atoms with Crippen molar-refractivity contribution >= 4 is 0 Å². The zero-order valence-electron chi connectivity index (χ0n) is 15.9.